The first kappa shape index (κ1) is 12.6. The van der Waals surface area contributed by atoms with Crippen molar-refractivity contribution in [3.63, 3.8) is 0 Å². The van der Waals surface area contributed by atoms with E-state index in [4.69, 9.17) is 0 Å². The molecular formula is C15H21FO. The van der Waals surface area contributed by atoms with E-state index in [1.807, 2.05) is 32.0 Å². The van der Waals surface area contributed by atoms with Gasteiger partial charge in [-0.15, -0.1) is 0 Å². The molecule has 0 saturated heterocycles. The molecule has 0 radical (unpaired) electrons. The minimum Gasteiger partial charge on any atom is -0.390 e. The lowest BCUT2D eigenvalue weighted by atomic mass is 9.79. The van der Waals surface area contributed by atoms with E-state index >= 15 is 0 Å². The van der Waals surface area contributed by atoms with Crippen LogP contribution in [0.3, 0.4) is 0 Å². The normalized spacial score (nSPS) is 18.5. The predicted octanol–water partition coefficient (Wildman–Crippen LogP) is 3.75. The molecule has 1 aromatic rings. The van der Waals surface area contributed by atoms with E-state index in [9.17, 15) is 9.50 Å². The lowest BCUT2D eigenvalue weighted by Gasteiger charge is -2.31. The van der Waals surface area contributed by atoms with Crippen LogP contribution >= 0.6 is 0 Å². The number of rotatable bonds is 3. The van der Waals surface area contributed by atoms with Crippen molar-refractivity contribution >= 4 is 0 Å². The molecule has 94 valence electrons. The predicted molar refractivity (Wildman–Crippen MR) is 67.7 cm³/mol. The van der Waals surface area contributed by atoms with Crippen molar-refractivity contribution in [3.8, 4) is 0 Å². The molecule has 2 heteroatoms. The molecule has 1 nitrogen and oxygen atoms in total. The summed E-state index contributed by atoms with van der Waals surface area (Å²) in [7, 11) is 0. The van der Waals surface area contributed by atoms with Gasteiger partial charge in [-0.2, -0.15) is 0 Å². The summed E-state index contributed by atoms with van der Waals surface area (Å²) in [4.78, 5) is 0. The highest BCUT2D eigenvalue weighted by atomic mass is 19.1. The van der Waals surface area contributed by atoms with Crippen LogP contribution in [0.5, 0.6) is 0 Å². The third kappa shape index (κ3) is 1.89. The first-order chi connectivity index (χ1) is 7.79. The van der Waals surface area contributed by atoms with Crippen molar-refractivity contribution in [1.29, 1.82) is 0 Å². The molecule has 1 N–H and O–H groups in total. The molecular weight excluding hydrogens is 215 g/mol. The minimum absolute atomic E-state index is 0.123. The Morgan fingerprint density at radius 2 is 1.88 bits per heavy atom. The molecule has 1 fully saturated rings. The van der Waals surface area contributed by atoms with E-state index in [1.54, 1.807) is 13.8 Å². The number of hydrogen-bond donors (Lipinski definition) is 1. The molecule has 0 heterocycles. The van der Waals surface area contributed by atoms with Gasteiger partial charge in [-0.1, -0.05) is 32.0 Å². The second kappa shape index (κ2) is 3.81. The van der Waals surface area contributed by atoms with Crippen LogP contribution in [0.1, 0.15) is 57.6 Å². The molecule has 17 heavy (non-hydrogen) atoms. The van der Waals surface area contributed by atoms with Crippen LogP contribution in [0.15, 0.2) is 18.2 Å². The highest BCUT2D eigenvalue weighted by Crippen LogP contribution is 2.56. The SMILES string of the molecule is CC(C)c1cccc(C2(C(C)(C)O)CC2)c1F. The summed E-state index contributed by atoms with van der Waals surface area (Å²) in [6.07, 6.45) is 1.74. The smallest absolute Gasteiger partial charge is 0.130 e. The molecule has 1 aliphatic carbocycles. The van der Waals surface area contributed by atoms with Crippen LogP contribution in [0.2, 0.25) is 0 Å². The Morgan fingerprint density at radius 3 is 2.29 bits per heavy atom. The molecule has 0 aromatic heterocycles. The van der Waals surface area contributed by atoms with Crippen LogP contribution in [0.25, 0.3) is 0 Å². The molecule has 0 spiro atoms. The average Bonchev–Trinajstić information content (AvgIpc) is 2.97. The van der Waals surface area contributed by atoms with E-state index in [0.717, 1.165) is 18.4 Å². The summed E-state index contributed by atoms with van der Waals surface area (Å²) in [5.41, 5.74) is 0.208. The quantitative estimate of drug-likeness (QED) is 0.847. The van der Waals surface area contributed by atoms with E-state index in [1.165, 1.54) is 0 Å². The Hall–Kier alpha value is -0.890. The van der Waals surface area contributed by atoms with E-state index in [2.05, 4.69) is 0 Å². The van der Waals surface area contributed by atoms with Gasteiger partial charge in [0.1, 0.15) is 5.82 Å². The average molecular weight is 236 g/mol. The maximum absolute atomic E-state index is 14.5. The van der Waals surface area contributed by atoms with E-state index in [-0.39, 0.29) is 17.2 Å². The summed E-state index contributed by atoms with van der Waals surface area (Å²) >= 11 is 0. The second-order valence-electron chi connectivity index (χ2n) is 6.00. The highest BCUT2D eigenvalue weighted by Gasteiger charge is 2.56. The summed E-state index contributed by atoms with van der Waals surface area (Å²) < 4.78 is 14.5. The Balaban J connectivity index is 2.51. The Kier molecular flexibility index (Phi) is 2.81. The Labute approximate surface area is 103 Å². The van der Waals surface area contributed by atoms with Crippen LogP contribution in [0, 0.1) is 5.82 Å². The maximum atomic E-state index is 14.5. The molecule has 1 aliphatic rings. The van der Waals surface area contributed by atoms with Gasteiger partial charge >= 0.3 is 0 Å². The van der Waals surface area contributed by atoms with Crippen molar-refractivity contribution in [1.82, 2.24) is 0 Å². The summed E-state index contributed by atoms with van der Waals surface area (Å²) in [5.74, 6) is 0.0506. The van der Waals surface area contributed by atoms with E-state index < -0.39 is 5.60 Å². The lowest BCUT2D eigenvalue weighted by Crippen LogP contribution is -2.36. The van der Waals surface area contributed by atoms with Crippen LogP contribution < -0.4 is 0 Å². The van der Waals surface area contributed by atoms with Crippen molar-refractivity contribution in [2.24, 2.45) is 0 Å². The molecule has 0 bridgehead atoms. The van der Waals surface area contributed by atoms with Crippen LogP contribution in [-0.2, 0) is 5.41 Å². The number of hydrogen-bond acceptors (Lipinski definition) is 1. The van der Waals surface area contributed by atoms with Gasteiger partial charge in [0.05, 0.1) is 5.60 Å². The third-order valence-corrected chi connectivity index (χ3v) is 4.09. The van der Waals surface area contributed by atoms with Gasteiger partial charge in [0.15, 0.2) is 0 Å². The minimum atomic E-state index is -0.858. The zero-order valence-electron chi connectivity index (χ0n) is 11.0. The molecule has 0 aliphatic heterocycles. The highest BCUT2D eigenvalue weighted by molar-refractivity contribution is 5.40. The Bertz CT molecular complexity index is 425. The zero-order chi connectivity index (χ0) is 12.8. The van der Waals surface area contributed by atoms with Crippen molar-refractivity contribution in [3.05, 3.63) is 35.1 Å². The standard InChI is InChI=1S/C15H21FO/c1-10(2)11-6-5-7-12(13(11)16)15(8-9-15)14(3,4)17/h5-7,10,17H,8-9H2,1-4H3. The molecule has 0 atom stereocenters. The topological polar surface area (TPSA) is 20.2 Å². The molecule has 1 saturated carbocycles. The fourth-order valence-corrected chi connectivity index (χ4v) is 2.70. The van der Waals surface area contributed by atoms with Crippen molar-refractivity contribution < 1.29 is 9.50 Å². The van der Waals surface area contributed by atoms with Gasteiger partial charge in [0.2, 0.25) is 0 Å². The van der Waals surface area contributed by atoms with Gasteiger partial charge in [-0.05, 0) is 43.7 Å². The monoisotopic (exact) mass is 236 g/mol. The number of halogens is 1. The van der Waals surface area contributed by atoms with Gasteiger partial charge < -0.3 is 5.11 Å². The van der Waals surface area contributed by atoms with Gasteiger partial charge in [-0.25, -0.2) is 4.39 Å². The lowest BCUT2D eigenvalue weighted by molar-refractivity contribution is 0.0367. The summed E-state index contributed by atoms with van der Waals surface area (Å²) in [6, 6.07) is 5.57. The second-order valence-corrected chi connectivity index (χ2v) is 6.00. The van der Waals surface area contributed by atoms with E-state index in [0.29, 0.717) is 5.56 Å². The first-order valence-corrected chi connectivity index (χ1v) is 6.31. The number of benzene rings is 1. The molecule has 0 unspecified atom stereocenters. The summed E-state index contributed by atoms with van der Waals surface area (Å²) in [5, 5.41) is 10.2. The van der Waals surface area contributed by atoms with Crippen molar-refractivity contribution in [2.45, 2.75) is 57.5 Å². The zero-order valence-corrected chi connectivity index (χ0v) is 11.0. The van der Waals surface area contributed by atoms with Crippen LogP contribution in [0.4, 0.5) is 4.39 Å². The maximum Gasteiger partial charge on any atom is 0.130 e. The largest absolute Gasteiger partial charge is 0.390 e. The first-order valence-electron chi connectivity index (χ1n) is 6.31. The van der Waals surface area contributed by atoms with Crippen molar-refractivity contribution in [2.75, 3.05) is 0 Å². The third-order valence-electron chi connectivity index (χ3n) is 4.09. The van der Waals surface area contributed by atoms with Gasteiger partial charge in [-0.3, -0.25) is 0 Å². The molecule has 1 aromatic carbocycles. The van der Waals surface area contributed by atoms with Gasteiger partial charge in [0.25, 0.3) is 0 Å². The fourth-order valence-electron chi connectivity index (χ4n) is 2.70. The number of aliphatic hydroxyl groups is 1. The Morgan fingerprint density at radius 1 is 1.29 bits per heavy atom. The fraction of sp³-hybridized carbons (Fsp3) is 0.600. The molecule has 2 rings (SSSR count). The van der Waals surface area contributed by atoms with Gasteiger partial charge in [0, 0.05) is 5.41 Å². The summed E-state index contributed by atoms with van der Waals surface area (Å²) in [6.45, 7) is 7.54. The van der Waals surface area contributed by atoms with Crippen LogP contribution in [-0.4, -0.2) is 10.7 Å². The molecule has 0 amide bonds.